The monoisotopic (exact) mass is 283 g/mol. The van der Waals surface area contributed by atoms with E-state index in [1.54, 1.807) is 24.3 Å². The maximum absolute atomic E-state index is 11.9. The van der Waals surface area contributed by atoms with Gasteiger partial charge in [-0.25, -0.2) is 0 Å². The molecule has 0 unspecified atom stereocenters. The van der Waals surface area contributed by atoms with Crippen molar-refractivity contribution >= 4 is 19.4 Å². The summed E-state index contributed by atoms with van der Waals surface area (Å²) in [6.07, 6.45) is 0.435. The third-order valence-corrected chi connectivity index (χ3v) is 3.86. The van der Waals surface area contributed by atoms with Gasteiger partial charge in [0.25, 0.3) is 11.8 Å². The van der Waals surface area contributed by atoms with Crippen LogP contribution >= 0.6 is 7.60 Å². The van der Waals surface area contributed by atoms with Crippen LogP contribution in [0.1, 0.15) is 33.6 Å². The molecule has 7 heteroatoms. The Kier molecular flexibility index (Phi) is 3.85. The standard InChI is InChI=1S/C12H14NO5P/c14-11-9-5-1-2-6-10(9)12(15)13(11)7-3-4-8-19(16,17)18/h1-2,5-6H,3-4,7-8H2,(H2,16,17,18). The molecule has 1 aromatic carbocycles. The lowest BCUT2D eigenvalue weighted by Crippen LogP contribution is -2.30. The van der Waals surface area contributed by atoms with E-state index in [1.807, 2.05) is 0 Å². The van der Waals surface area contributed by atoms with Gasteiger partial charge in [0.1, 0.15) is 0 Å². The molecule has 1 aliphatic heterocycles. The molecule has 0 atom stereocenters. The topological polar surface area (TPSA) is 94.9 Å². The lowest BCUT2D eigenvalue weighted by molar-refractivity contribution is 0.0652. The molecule has 2 amide bonds. The van der Waals surface area contributed by atoms with Gasteiger partial charge in [-0.3, -0.25) is 19.1 Å². The van der Waals surface area contributed by atoms with Crippen LogP contribution in [0.15, 0.2) is 24.3 Å². The average Bonchev–Trinajstić information content (AvgIpc) is 2.58. The number of fused-ring (bicyclic) bond motifs is 1. The van der Waals surface area contributed by atoms with Crippen molar-refractivity contribution in [3.8, 4) is 0 Å². The third kappa shape index (κ3) is 3.10. The van der Waals surface area contributed by atoms with Gasteiger partial charge in [0, 0.05) is 12.7 Å². The highest BCUT2D eigenvalue weighted by atomic mass is 31.2. The van der Waals surface area contributed by atoms with Crippen LogP contribution in [0.2, 0.25) is 0 Å². The third-order valence-electron chi connectivity index (χ3n) is 2.96. The van der Waals surface area contributed by atoms with E-state index in [4.69, 9.17) is 9.79 Å². The van der Waals surface area contributed by atoms with E-state index < -0.39 is 7.60 Å². The van der Waals surface area contributed by atoms with Gasteiger partial charge < -0.3 is 9.79 Å². The van der Waals surface area contributed by atoms with Crippen molar-refractivity contribution in [2.24, 2.45) is 0 Å². The molecule has 1 heterocycles. The fraction of sp³-hybridized carbons (Fsp3) is 0.333. The molecule has 0 fully saturated rings. The lowest BCUT2D eigenvalue weighted by Gasteiger charge is -2.13. The maximum Gasteiger partial charge on any atom is 0.325 e. The van der Waals surface area contributed by atoms with Crippen LogP contribution < -0.4 is 0 Å². The van der Waals surface area contributed by atoms with Crippen molar-refractivity contribution in [1.82, 2.24) is 4.90 Å². The summed E-state index contributed by atoms with van der Waals surface area (Å²) < 4.78 is 10.7. The predicted molar refractivity (Wildman–Crippen MR) is 68.0 cm³/mol. The number of carbonyl (C=O) groups excluding carboxylic acids is 2. The first kappa shape index (κ1) is 13.9. The maximum atomic E-state index is 11.9. The number of amides is 2. The van der Waals surface area contributed by atoms with Gasteiger partial charge in [-0.1, -0.05) is 12.1 Å². The van der Waals surface area contributed by atoms with Gasteiger partial charge in [0.2, 0.25) is 0 Å². The van der Waals surface area contributed by atoms with Gasteiger partial charge in [-0.15, -0.1) is 0 Å². The Morgan fingerprint density at radius 2 is 1.53 bits per heavy atom. The van der Waals surface area contributed by atoms with Crippen LogP contribution in [0.25, 0.3) is 0 Å². The minimum absolute atomic E-state index is 0.187. The molecular formula is C12H14NO5P. The molecule has 0 spiro atoms. The first-order chi connectivity index (χ1) is 8.90. The molecule has 1 aliphatic rings. The zero-order valence-corrected chi connectivity index (χ0v) is 11.0. The fourth-order valence-electron chi connectivity index (χ4n) is 2.03. The highest BCUT2D eigenvalue weighted by Crippen LogP contribution is 2.35. The smallest absolute Gasteiger partial charge is 0.324 e. The summed E-state index contributed by atoms with van der Waals surface area (Å²) in [5.74, 6) is -0.673. The van der Waals surface area contributed by atoms with E-state index in [0.717, 1.165) is 4.90 Å². The minimum atomic E-state index is -4.00. The first-order valence-electron chi connectivity index (χ1n) is 5.90. The first-order valence-corrected chi connectivity index (χ1v) is 7.70. The zero-order valence-electron chi connectivity index (χ0n) is 10.2. The van der Waals surface area contributed by atoms with Crippen LogP contribution in [-0.4, -0.2) is 39.2 Å². The van der Waals surface area contributed by atoms with Crippen LogP contribution in [0.3, 0.4) is 0 Å². The minimum Gasteiger partial charge on any atom is -0.324 e. The van der Waals surface area contributed by atoms with Gasteiger partial charge in [-0.05, 0) is 25.0 Å². The molecule has 0 aliphatic carbocycles. The summed E-state index contributed by atoms with van der Waals surface area (Å²) in [5.41, 5.74) is 0.782. The van der Waals surface area contributed by atoms with Crippen molar-refractivity contribution in [2.75, 3.05) is 12.7 Å². The SMILES string of the molecule is O=C1c2ccccc2C(=O)N1CCCCP(=O)(O)O. The molecule has 0 bridgehead atoms. The van der Waals surface area contributed by atoms with Crippen molar-refractivity contribution < 1.29 is 23.9 Å². The second-order valence-electron chi connectivity index (χ2n) is 4.40. The van der Waals surface area contributed by atoms with Crippen LogP contribution in [0.5, 0.6) is 0 Å². The van der Waals surface area contributed by atoms with E-state index in [2.05, 4.69) is 0 Å². The lowest BCUT2D eigenvalue weighted by atomic mass is 10.1. The van der Waals surface area contributed by atoms with Crippen molar-refractivity contribution in [3.05, 3.63) is 35.4 Å². The van der Waals surface area contributed by atoms with Gasteiger partial charge in [0.05, 0.1) is 11.1 Å². The predicted octanol–water partition coefficient (Wildman–Crippen LogP) is 1.24. The fourth-order valence-corrected chi connectivity index (χ4v) is 2.67. The number of nitrogens with zero attached hydrogens (tertiary/aromatic N) is 1. The molecule has 1 aromatic rings. The molecule has 0 aromatic heterocycles. The highest BCUT2D eigenvalue weighted by Gasteiger charge is 2.34. The number of rotatable bonds is 5. The van der Waals surface area contributed by atoms with E-state index in [-0.39, 0.29) is 30.9 Å². The normalized spacial score (nSPS) is 14.9. The molecule has 0 radical (unpaired) electrons. The Hall–Kier alpha value is -1.49. The zero-order chi connectivity index (χ0) is 14.0. The molecule has 2 N–H and O–H groups in total. The Bertz CT molecular complexity index is 530. The van der Waals surface area contributed by atoms with E-state index >= 15 is 0 Å². The number of unbranched alkanes of at least 4 members (excludes halogenated alkanes) is 1. The molecular weight excluding hydrogens is 269 g/mol. The van der Waals surface area contributed by atoms with Crippen molar-refractivity contribution in [1.29, 1.82) is 0 Å². The van der Waals surface area contributed by atoms with Gasteiger partial charge in [0.15, 0.2) is 0 Å². The van der Waals surface area contributed by atoms with E-state index in [9.17, 15) is 14.2 Å². The summed E-state index contributed by atoms with van der Waals surface area (Å²) in [6.45, 7) is 0.187. The number of hydrogen-bond acceptors (Lipinski definition) is 3. The Labute approximate surface area is 110 Å². The molecule has 19 heavy (non-hydrogen) atoms. The molecule has 2 rings (SSSR count). The second-order valence-corrected chi connectivity index (χ2v) is 6.18. The molecule has 102 valence electrons. The molecule has 6 nitrogen and oxygen atoms in total. The van der Waals surface area contributed by atoms with Gasteiger partial charge in [-0.2, -0.15) is 0 Å². The highest BCUT2D eigenvalue weighted by molar-refractivity contribution is 7.51. The van der Waals surface area contributed by atoms with Crippen molar-refractivity contribution in [2.45, 2.75) is 12.8 Å². The van der Waals surface area contributed by atoms with Crippen LogP contribution in [-0.2, 0) is 4.57 Å². The number of hydrogen-bond donors (Lipinski definition) is 2. The van der Waals surface area contributed by atoms with Crippen LogP contribution in [0, 0.1) is 0 Å². The van der Waals surface area contributed by atoms with Crippen LogP contribution in [0.4, 0.5) is 0 Å². The molecule has 0 saturated heterocycles. The summed E-state index contributed by atoms with van der Waals surface area (Å²) in [6, 6.07) is 6.60. The summed E-state index contributed by atoms with van der Waals surface area (Å²) >= 11 is 0. The van der Waals surface area contributed by atoms with Crippen molar-refractivity contribution in [3.63, 3.8) is 0 Å². The largest absolute Gasteiger partial charge is 0.325 e. The van der Waals surface area contributed by atoms with Gasteiger partial charge >= 0.3 is 7.60 Å². The van der Waals surface area contributed by atoms with E-state index in [0.29, 0.717) is 17.5 Å². The summed E-state index contributed by atoms with van der Waals surface area (Å²) in [5, 5.41) is 0. The number of carbonyl (C=O) groups is 2. The Morgan fingerprint density at radius 1 is 1.00 bits per heavy atom. The Balaban J connectivity index is 1.95. The number of imide groups is 1. The summed E-state index contributed by atoms with van der Waals surface area (Å²) in [7, 11) is -4.00. The van der Waals surface area contributed by atoms with E-state index in [1.165, 1.54) is 0 Å². The summed E-state index contributed by atoms with van der Waals surface area (Å²) in [4.78, 5) is 42.5. The quantitative estimate of drug-likeness (QED) is 0.481. The Morgan fingerprint density at radius 3 is 2.00 bits per heavy atom. The molecule has 0 saturated carbocycles. The number of benzene rings is 1. The average molecular weight is 283 g/mol. The second kappa shape index (κ2) is 5.25.